The Balaban J connectivity index is 1.33. The summed E-state index contributed by atoms with van der Waals surface area (Å²) in [4.78, 5) is 6.21. The number of likely N-dealkylation sites (tertiary alicyclic amines) is 1. The molecule has 1 saturated carbocycles. The first-order chi connectivity index (χ1) is 8.68. The van der Waals surface area contributed by atoms with Gasteiger partial charge in [0.15, 0.2) is 0 Å². The van der Waals surface area contributed by atoms with Gasteiger partial charge in [0.05, 0.1) is 18.9 Å². The number of fused-ring (bicyclic) bond motifs is 1. The third kappa shape index (κ3) is 2.24. The lowest BCUT2D eigenvalue weighted by atomic mass is 10.4. The minimum absolute atomic E-state index is 0.395. The highest BCUT2D eigenvalue weighted by Crippen LogP contribution is 2.59. The van der Waals surface area contributed by atoms with E-state index < -0.39 is 17.8 Å². The molecule has 3 nitrogen and oxygen atoms in total. The predicted octanol–water partition coefficient (Wildman–Crippen LogP) is 1.80. The van der Waals surface area contributed by atoms with E-state index in [-0.39, 0.29) is 0 Å². The minimum Gasteiger partial charge on any atom is -0.374 e. The first-order valence-electron chi connectivity index (χ1n) is 6.26. The van der Waals surface area contributed by atoms with Gasteiger partial charge in [-0.3, -0.25) is 4.98 Å². The predicted molar refractivity (Wildman–Crippen MR) is 62.3 cm³/mol. The molecular formula is C13H16F2N2O. The summed E-state index contributed by atoms with van der Waals surface area (Å²) in [7, 11) is 0. The monoisotopic (exact) mass is 254 g/mol. The molecule has 1 aliphatic carbocycles. The maximum atomic E-state index is 13.0. The molecule has 2 aliphatic rings. The van der Waals surface area contributed by atoms with E-state index in [9.17, 15) is 8.78 Å². The van der Waals surface area contributed by atoms with Gasteiger partial charge in [-0.15, -0.1) is 0 Å². The third-order valence-electron chi connectivity index (χ3n) is 3.80. The molecule has 98 valence electrons. The van der Waals surface area contributed by atoms with E-state index in [1.165, 1.54) is 0 Å². The zero-order chi connectivity index (χ0) is 12.6. The zero-order valence-corrected chi connectivity index (χ0v) is 10.1. The summed E-state index contributed by atoms with van der Waals surface area (Å²) >= 11 is 0. The number of ether oxygens (including phenoxy) is 1. The van der Waals surface area contributed by atoms with Crippen molar-refractivity contribution in [3.05, 3.63) is 30.1 Å². The third-order valence-corrected chi connectivity index (χ3v) is 3.80. The molecule has 0 N–H and O–H groups in total. The minimum atomic E-state index is -2.38. The van der Waals surface area contributed by atoms with E-state index in [2.05, 4.69) is 9.88 Å². The molecule has 0 aromatic carbocycles. The van der Waals surface area contributed by atoms with E-state index in [4.69, 9.17) is 4.74 Å². The zero-order valence-electron chi connectivity index (χ0n) is 10.1. The lowest BCUT2D eigenvalue weighted by Gasteiger charge is -2.18. The molecule has 0 amide bonds. The van der Waals surface area contributed by atoms with Crippen molar-refractivity contribution in [3.63, 3.8) is 0 Å². The van der Waals surface area contributed by atoms with Crippen molar-refractivity contribution in [1.29, 1.82) is 0 Å². The molecule has 2 fully saturated rings. The van der Waals surface area contributed by atoms with Crippen LogP contribution in [-0.2, 0) is 11.3 Å². The topological polar surface area (TPSA) is 25.4 Å². The quantitative estimate of drug-likeness (QED) is 0.749. The highest BCUT2D eigenvalue weighted by molar-refractivity contribution is 5.12. The SMILES string of the molecule is FC1(F)C2CN(CCOCc3ccccn3)CC21. The summed E-state index contributed by atoms with van der Waals surface area (Å²) in [5.74, 6) is -3.17. The van der Waals surface area contributed by atoms with Crippen LogP contribution in [0.3, 0.4) is 0 Å². The summed E-state index contributed by atoms with van der Waals surface area (Å²) in [5, 5.41) is 0. The van der Waals surface area contributed by atoms with Gasteiger partial charge in [0, 0.05) is 37.7 Å². The summed E-state index contributed by atoms with van der Waals surface area (Å²) < 4.78 is 31.4. The summed E-state index contributed by atoms with van der Waals surface area (Å²) in [6, 6.07) is 5.69. The van der Waals surface area contributed by atoms with Crippen molar-refractivity contribution in [2.75, 3.05) is 26.2 Å². The highest BCUT2D eigenvalue weighted by Gasteiger charge is 2.71. The first-order valence-corrected chi connectivity index (χ1v) is 6.26. The van der Waals surface area contributed by atoms with Gasteiger partial charge in [0.25, 0.3) is 5.92 Å². The number of halogens is 2. The van der Waals surface area contributed by atoms with Gasteiger partial charge in [-0.25, -0.2) is 8.78 Å². The lowest BCUT2D eigenvalue weighted by Crippen LogP contribution is -2.30. The molecule has 0 spiro atoms. The molecule has 2 heterocycles. The van der Waals surface area contributed by atoms with E-state index in [0.29, 0.717) is 26.3 Å². The Morgan fingerprint density at radius 3 is 2.78 bits per heavy atom. The average molecular weight is 254 g/mol. The van der Waals surface area contributed by atoms with Crippen LogP contribution in [0.2, 0.25) is 0 Å². The molecule has 5 heteroatoms. The maximum Gasteiger partial charge on any atom is 0.257 e. The molecule has 3 rings (SSSR count). The smallest absolute Gasteiger partial charge is 0.257 e. The fraction of sp³-hybridized carbons (Fsp3) is 0.615. The van der Waals surface area contributed by atoms with E-state index in [1.54, 1.807) is 6.20 Å². The maximum absolute atomic E-state index is 13.0. The van der Waals surface area contributed by atoms with Crippen molar-refractivity contribution >= 4 is 0 Å². The van der Waals surface area contributed by atoms with Crippen LogP contribution >= 0.6 is 0 Å². The number of rotatable bonds is 5. The second kappa shape index (κ2) is 4.55. The van der Waals surface area contributed by atoms with Gasteiger partial charge in [-0.1, -0.05) is 6.07 Å². The van der Waals surface area contributed by atoms with E-state index in [0.717, 1.165) is 12.2 Å². The van der Waals surface area contributed by atoms with Crippen LogP contribution in [-0.4, -0.2) is 42.0 Å². The normalized spacial score (nSPS) is 29.2. The van der Waals surface area contributed by atoms with Gasteiger partial charge in [-0.2, -0.15) is 0 Å². The number of nitrogens with zero attached hydrogens (tertiary/aromatic N) is 2. The van der Waals surface area contributed by atoms with Crippen LogP contribution in [0.4, 0.5) is 8.78 Å². The molecule has 0 bridgehead atoms. The number of hydrogen-bond acceptors (Lipinski definition) is 3. The van der Waals surface area contributed by atoms with Crippen molar-refractivity contribution < 1.29 is 13.5 Å². The van der Waals surface area contributed by atoms with E-state index >= 15 is 0 Å². The molecule has 2 unspecified atom stereocenters. The number of hydrogen-bond donors (Lipinski definition) is 0. The standard InChI is InChI=1S/C13H16F2N2O/c14-13(15)11-7-17(8-12(11)13)5-6-18-9-10-3-1-2-4-16-10/h1-4,11-12H,5-9H2. The molecule has 1 aromatic rings. The molecular weight excluding hydrogens is 238 g/mol. The number of piperidine rings is 1. The van der Waals surface area contributed by atoms with Crippen LogP contribution in [0.5, 0.6) is 0 Å². The van der Waals surface area contributed by atoms with Crippen molar-refractivity contribution in [2.24, 2.45) is 11.8 Å². The highest BCUT2D eigenvalue weighted by atomic mass is 19.3. The second-order valence-corrected chi connectivity index (χ2v) is 5.02. The number of aromatic nitrogens is 1. The van der Waals surface area contributed by atoms with Crippen LogP contribution in [0, 0.1) is 11.8 Å². The molecule has 2 atom stereocenters. The summed E-state index contributed by atoms with van der Waals surface area (Å²) in [6.45, 7) is 2.82. The molecule has 1 saturated heterocycles. The largest absolute Gasteiger partial charge is 0.374 e. The Morgan fingerprint density at radius 1 is 1.33 bits per heavy atom. The average Bonchev–Trinajstić information content (AvgIpc) is 2.77. The van der Waals surface area contributed by atoms with E-state index in [1.807, 2.05) is 18.2 Å². The Hall–Kier alpha value is -1.07. The fourth-order valence-corrected chi connectivity index (χ4v) is 2.63. The van der Waals surface area contributed by atoms with Crippen molar-refractivity contribution in [3.8, 4) is 0 Å². The van der Waals surface area contributed by atoms with Crippen LogP contribution in [0.15, 0.2) is 24.4 Å². The van der Waals surface area contributed by atoms with Crippen molar-refractivity contribution in [2.45, 2.75) is 12.5 Å². The Bertz CT molecular complexity index is 399. The van der Waals surface area contributed by atoms with Gasteiger partial charge in [0.1, 0.15) is 0 Å². The summed E-state index contributed by atoms with van der Waals surface area (Å²) in [6.07, 6.45) is 1.73. The Morgan fingerprint density at radius 2 is 2.11 bits per heavy atom. The summed E-state index contributed by atoms with van der Waals surface area (Å²) in [5.41, 5.74) is 0.897. The Kier molecular flexibility index (Phi) is 3.03. The van der Waals surface area contributed by atoms with Gasteiger partial charge >= 0.3 is 0 Å². The molecule has 1 aliphatic heterocycles. The number of alkyl halides is 2. The van der Waals surface area contributed by atoms with Crippen LogP contribution in [0.1, 0.15) is 5.69 Å². The van der Waals surface area contributed by atoms with Crippen LogP contribution < -0.4 is 0 Å². The van der Waals surface area contributed by atoms with Crippen molar-refractivity contribution in [1.82, 2.24) is 9.88 Å². The molecule has 0 radical (unpaired) electrons. The lowest BCUT2D eigenvalue weighted by molar-refractivity contribution is 0.0406. The fourth-order valence-electron chi connectivity index (χ4n) is 2.63. The van der Waals surface area contributed by atoms with Gasteiger partial charge in [-0.05, 0) is 12.1 Å². The molecule has 1 aromatic heterocycles. The Labute approximate surface area is 105 Å². The second-order valence-electron chi connectivity index (χ2n) is 5.02. The number of pyridine rings is 1. The first kappa shape index (κ1) is 12.0. The van der Waals surface area contributed by atoms with Crippen LogP contribution in [0.25, 0.3) is 0 Å². The van der Waals surface area contributed by atoms with Gasteiger partial charge < -0.3 is 9.64 Å². The van der Waals surface area contributed by atoms with Gasteiger partial charge in [0.2, 0.25) is 0 Å². The molecule has 18 heavy (non-hydrogen) atoms.